The van der Waals surface area contributed by atoms with Crippen molar-refractivity contribution >= 4 is 5.91 Å². The lowest BCUT2D eigenvalue weighted by atomic mass is 10.0. The lowest BCUT2D eigenvalue weighted by Crippen LogP contribution is -2.45. The molecule has 0 saturated carbocycles. The summed E-state index contributed by atoms with van der Waals surface area (Å²) in [6.07, 6.45) is 76.5. The molecule has 0 aromatic rings. The molecule has 3 atom stereocenters. The largest absolute Gasteiger partial charge is 0.394 e. The van der Waals surface area contributed by atoms with Gasteiger partial charge in [0.15, 0.2) is 0 Å². The zero-order valence-corrected chi connectivity index (χ0v) is 46.0. The lowest BCUT2D eigenvalue weighted by Gasteiger charge is -2.21. The quantitative estimate of drug-likeness (QED) is 0.0361. The van der Waals surface area contributed by atoms with Crippen molar-refractivity contribution in [2.24, 2.45) is 0 Å². The summed E-state index contributed by atoms with van der Waals surface area (Å²) in [6, 6.07) is -0.761. The topological polar surface area (TPSA) is 89.8 Å². The minimum atomic E-state index is -0.952. The van der Waals surface area contributed by atoms with Gasteiger partial charge in [-0.15, -0.1) is 0 Å². The zero-order valence-electron chi connectivity index (χ0n) is 46.0. The first-order valence-electron chi connectivity index (χ1n) is 30.8. The highest BCUT2D eigenvalue weighted by Crippen LogP contribution is 2.18. The molecular weight excluding hydrogens is 835 g/mol. The molecule has 1 amide bonds. The smallest absolute Gasteiger partial charge is 0.222 e. The van der Waals surface area contributed by atoms with Gasteiger partial charge in [0.05, 0.1) is 31.3 Å². The van der Waals surface area contributed by atoms with Gasteiger partial charge in [0.25, 0.3) is 0 Å². The average molecular weight is 957 g/mol. The summed E-state index contributed by atoms with van der Waals surface area (Å²) >= 11 is 0. The van der Waals surface area contributed by atoms with Crippen LogP contribution >= 0.6 is 0 Å². The van der Waals surface area contributed by atoms with E-state index in [1.165, 1.54) is 276 Å². The summed E-state index contributed by atoms with van der Waals surface area (Å²) in [4.78, 5) is 12.5. The standard InChI is InChI=1S/C63H121NO4/c1-3-5-7-9-11-13-15-17-19-21-23-24-25-26-27-28-29-30-31-32-33-34-35-36-37-38-39-40-42-44-46-48-50-52-54-56-60(66)58-63(68)64-61(59-65)62(67)57-55-53-51-49-47-45-43-41-22-20-18-16-14-12-10-8-6-4-2/h30-31,47,49,55,57,60-62,65-67H,3-29,32-46,48,50-54,56,58-59H2,1-2H3,(H,64,68)/b31-30-,49-47+,57-55+. The predicted molar refractivity (Wildman–Crippen MR) is 301 cm³/mol. The number of rotatable bonds is 57. The summed E-state index contributed by atoms with van der Waals surface area (Å²) in [5.41, 5.74) is 0. The number of hydrogen-bond acceptors (Lipinski definition) is 4. The van der Waals surface area contributed by atoms with Gasteiger partial charge in [-0.1, -0.05) is 307 Å². The van der Waals surface area contributed by atoms with Crippen LogP contribution in [0, 0.1) is 0 Å². The van der Waals surface area contributed by atoms with Crippen LogP contribution < -0.4 is 5.32 Å². The van der Waals surface area contributed by atoms with Gasteiger partial charge in [-0.3, -0.25) is 4.79 Å². The van der Waals surface area contributed by atoms with Crippen LogP contribution in [0.25, 0.3) is 0 Å². The summed E-state index contributed by atoms with van der Waals surface area (Å²) in [5, 5.41) is 33.4. The average Bonchev–Trinajstić information content (AvgIpc) is 3.33. The zero-order chi connectivity index (χ0) is 49.3. The van der Waals surface area contributed by atoms with Crippen molar-refractivity contribution < 1.29 is 20.1 Å². The first kappa shape index (κ1) is 66.6. The van der Waals surface area contributed by atoms with Gasteiger partial charge in [-0.25, -0.2) is 0 Å². The summed E-state index contributed by atoms with van der Waals surface area (Å²) in [6.45, 7) is 4.24. The first-order chi connectivity index (χ1) is 33.5. The molecule has 402 valence electrons. The van der Waals surface area contributed by atoms with Gasteiger partial charge in [0.2, 0.25) is 5.91 Å². The molecule has 0 aliphatic rings. The molecule has 3 unspecified atom stereocenters. The molecule has 68 heavy (non-hydrogen) atoms. The predicted octanol–water partition coefficient (Wildman–Crippen LogP) is 19.4. The highest BCUT2D eigenvalue weighted by molar-refractivity contribution is 5.76. The number of amides is 1. The van der Waals surface area contributed by atoms with Gasteiger partial charge >= 0.3 is 0 Å². The molecule has 5 nitrogen and oxygen atoms in total. The van der Waals surface area contributed by atoms with Gasteiger partial charge in [0.1, 0.15) is 0 Å². The van der Waals surface area contributed by atoms with Crippen molar-refractivity contribution in [1.82, 2.24) is 5.32 Å². The third kappa shape index (κ3) is 53.9. The van der Waals surface area contributed by atoms with Crippen LogP contribution in [0.4, 0.5) is 0 Å². The molecule has 0 aromatic heterocycles. The molecule has 0 aromatic carbocycles. The van der Waals surface area contributed by atoms with Gasteiger partial charge < -0.3 is 20.6 Å². The number of nitrogens with one attached hydrogen (secondary N) is 1. The molecule has 0 aliphatic carbocycles. The molecule has 0 rings (SSSR count). The van der Waals surface area contributed by atoms with Crippen molar-refractivity contribution in [2.75, 3.05) is 6.61 Å². The van der Waals surface area contributed by atoms with Crippen LogP contribution in [0.3, 0.4) is 0 Å². The Bertz CT molecular complexity index is 1060. The van der Waals surface area contributed by atoms with E-state index in [4.69, 9.17) is 0 Å². The van der Waals surface area contributed by atoms with Crippen molar-refractivity contribution in [3.05, 3.63) is 36.5 Å². The van der Waals surface area contributed by atoms with Crippen LogP contribution in [0.5, 0.6) is 0 Å². The Balaban J connectivity index is 3.51. The minimum absolute atomic E-state index is 0.00812. The Morgan fingerprint density at radius 3 is 0.941 bits per heavy atom. The SMILES string of the molecule is CCCCCCCCCCCCCC/C=C/CC/C=C/C(O)C(CO)NC(=O)CC(O)CCCCCCCCCCCCCCCCC/C=C\CCCCCCCCCCCCCCCCCC. The molecule has 0 aliphatic heterocycles. The molecule has 0 spiro atoms. The van der Waals surface area contributed by atoms with E-state index < -0.39 is 18.2 Å². The third-order valence-electron chi connectivity index (χ3n) is 14.4. The second-order valence-corrected chi connectivity index (χ2v) is 21.3. The van der Waals surface area contributed by atoms with E-state index in [-0.39, 0.29) is 18.9 Å². The summed E-state index contributed by atoms with van der Waals surface area (Å²) in [7, 11) is 0. The fourth-order valence-corrected chi connectivity index (χ4v) is 9.71. The highest BCUT2D eigenvalue weighted by Gasteiger charge is 2.20. The van der Waals surface area contributed by atoms with Crippen LogP contribution in [-0.4, -0.2) is 46.1 Å². The van der Waals surface area contributed by atoms with Gasteiger partial charge in [-0.05, 0) is 57.8 Å². The minimum Gasteiger partial charge on any atom is -0.394 e. The monoisotopic (exact) mass is 956 g/mol. The van der Waals surface area contributed by atoms with Crippen LogP contribution in [0.1, 0.15) is 335 Å². The number of aliphatic hydroxyl groups excluding tert-OH is 3. The van der Waals surface area contributed by atoms with Gasteiger partial charge in [-0.2, -0.15) is 0 Å². The number of carbonyl (C=O) groups is 1. The second kappa shape index (κ2) is 58.1. The Hall–Kier alpha value is -1.43. The number of allylic oxidation sites excluding steroid dienone is 5. The Morgan fingerprint density at radius 1 is 0.368 bits per heavy atom. The fraction of sp³-hybridized carbons (Fsp3) is 0.889. The lowest BCUT2D eigenvalue weighted by molar-refractivity contribution is -0.124. The maximum atomic E-state index is 12.5. The number of aliphatic hydroxyl groups is 3. The molecule has 0 fully saturated rings. The molecule has 0 heterocycles. The molecule has 0 bridgehead atoms. The molecule has 0 radical (unpaired) electrons. The molecule has 5 heteroatoms. The van der Waals surface area contributed by atoms with Crippen molar-refractivity contribution in [1.29, 1.82) is 0 Å². The Labute approximate surface area is 425 Å². The van der Waals surface area contributed by atoms with Gasteiger partial charge in [0, 0.05) is 0 Å². The molecular formula is C63H121NO4. The van der Waals surface area contributed by atoms with E-state index in [9.17, 15) is 20.1 Å². The molecule has 0 saturated heterocycles. The third-order valence-corrected chi connectivity index (χ3v) is 14.4. The number of carbonyl (C=O) groups excluding carboxylic acids is 1. The van der Waals surface area contributed by atoms with Crippen molar-refractivity contribution in [2.45, 2.75) is 353 Å². The fourth-order valence-electron chi connectivity index (χ4n) is 9.71. The van der Waals surface area contributed by atoms with Crippen molar-refractivity contribution in [3.63, 3.8) is 0 Å². The second-order valence-electron chi connectivity index (χ2n) is 21.3. The van der Waals surface area contributed by atoms with Crippen LogP contribution in [-0.2, 0) is 4.79 Å². The molecule has 4 N–H and O–H groups in total. The van der Waals surface area contributed by atoms with Crippen LogP contribution in [0.2, 0.25) is 0 Å². The highest BCUT2D eigenvalue weighted by atomic mass is 16.3. The van der Waals surface area contributed by atoms with E-state index in [0.29, 0.717) is 6.42 Å². The number of unbranched alkanes of at least 4 members (excludes halogenated alkanes) is 44. The maximum Gasteiger partial charge on any atom is 0.222 e. The Morgan fingerprint density at radius 2 is 0.632 bits per heavy atom. The van der Waals surface area contributed by atoms with Crippen LogP contribution in [0.15, 0.2) is 36.5 Å². The van der Waals surface area contributed by atoms with E-state index in [0.717, 1.165) is 32.1 Å². The Kier molecular flexibility index (Phi) is 56.9. The first-order valence-corrected chi connectivity index (χ1v) is 30.8. The van der Waals surface area contributed by atoms with Crippen molar-refractivity contribution in [3.8, 4) is 0 Å². The normalized spacial score (nSPS) is 13.4. The van der Waals surface area contributed by atoms with E-state index in [1.54, 1.807) is 6.08 Å². The number of hydrogen-bond donors (Lipinski definition) is 4. The summed E-state index contributed by atoms with van der Waals surface area (Å²) < 4.78 is 0. The van der Waals surface area contributed by atoms with E-state index in [2.05, 4.69) is 43.5 Å². The van der Waals surface area contributed by atoms with E-state index >= 15 is 0 Å². The summed E-state index contributed by atoms with van der Waals surface area (Å²) in [5.74, 6) is -0.321. The maximum absolute atomic E-state index is 12.5. The van der Waals surface area contributed by atoms with E-state index in [1.807, 2.05) is 6.08 Å².